The zero-order chi connectivity index (χ0) is 14.3. The number of nitrogens with zero attached hydrogens (tertiary/aromatic N) is 3. The number of hydrogen-bond donors (Lipinski definition) is 0. The van der Waals surface area contributed by atoms with E-state index in [9.17, 15) is 8.42 Å². The molecule has 0 bridgehead atoms. The summed E-state index contributed by atoms with van der Waals surface area (Å²) in [6.45, 7) is 3.24. The van der Waals surface area contributed by atoms with Crippen molar-refractivity contribution in [1.82, 2.24) is 13.9 Å². The van der Waals surface area contributed by atoms with Crippen molar-refractivity contribution in [1.29, 1.82) is 0 Å². The summed E-state index contributed by atoms with van der Waals surface area (Å²) in [7, 11) is -3.49. The van der Waals surface area contributed by atoms with Crippen LogP contribution in [0.15, 0.2) is 40.0 Å². The lowest BCUT2D eigenvalue weighted by Gasteiger charge is -2.27. The molecule has 1 aromatic heterocycles. The van der Waals surface area contributed by atoms with Crippen LogP contribution in [0.25, 0.3) is 0 Å². The lowest BCUT2D eigenvalue weighted by molar-refractivity contribution is 0.335. The van der Waals surface area contributed by atoms with E-state index < -0.39 is 10.0 Å². The van der Waals surface area contributed by atoms with Crippen LogP contribution in [0.2, 0.25) is 0 Å². The Morgan fingerprint density at radius 3 is 2.90 bits per heavy atom. The average molecular weight is 356 g/mol. The highest BCUT2D eigenvalue weighted by Gasteiger charge is 2.30. The van der Waals surface area contributed by atoms with Gasteiger partial charge in [-0.25, -0.2) is 13.4 Å². The summed E-state index contributed by atoms with van der Waals surface area (Å²) in [6, 6.07) is 5.31. The molecule has 2 aromatic rings. The molecule has 0 amide bonds. The van der Waals surface area contributed by atoms with E-state index in [-0.39, 0.29) is 0 Å². The van der Waals surface area contributed by atoms with Gasteiger partial charge in [0.25, 0.3) is 0 Å². The molecule has 1 aromatic carbocycles. The first-order valence-electron chi connectivity index (χ1n) is 6.25. The Morgan fingerprint density at radius 1 is 1.30 bits per heavy atom. The molecule has 2 heterocycles. The molecular formula is C13H14BrN3O2S. The summed E-state index contributed by atoms with van der Waals surface area (Å²) in [6.07, 6.45) is 3.58. The summed E-state index contributed by atoms with van der Waals surface area (Å²) in [5.41, 5.74) is 0.752. The maximum absolute atomic E-state index is 12.8. The molecule has 5 nitrogen and oxygen atoms in total. The Hall–Kier alpha value is -1.18. The third-order valence-electron chi connectivity index (χ3n) is 3.48. The van der Waals surface area contributed by atoms with E-state index >= 15 is 0 Å². The molecule has 1 aliphatic rings. The number of aromatic nitrogens is 2. The number of imidazole rings is 1. The van der Waals surface area contributed by atoms with Crippen molar-refractivity contribution < 1.29 is 8.42 Å². The summed E-state index contributed by atoms with van der Waals surface area (Å²) in [5.74, 6) is 0.785. The normalized spacial score (nSPS) is 16.1. The first-order chi connectivity index (χ1) is 9.48. The first-order valence-corrected chi connectivity index (χ1v) is 8.48. The van der Waals surface area contributed by atoms with Crippen molar-refractivity contribution in [3.8, 4) is 0 Å². The second-order valence-corrected chi connectivity index (χ2v) is 7.61. The Kier molecular flexibility index (Phi) is 3.43. The zero-order valence-electron chi connectivity index (χ0n) is 11.0. The van der Waals surface area contributed by atoms with Crippen molar-refractivity contribution in [2.45, 2.75) is 24.9 Å². The minimum absolute atomic E-state index is 0.321. The Morgan fingerprint density at radius 2 is 2.10 bits per heavy atom. The number of halogens is 1. The number of aryl methyl sites for hydroxylation is 1. The van der Waals surface area contributed by atoms with Gasteiger partial charge in [0.05, 0.1) is 11.4 Å². The van der Waals surface area contributed by atoms with Gasteiger partial charge in [0.1, 0.15) is 5.82 Å². The van der Waals surface area contributed by atoms with Gasteiger partial charge in [-0.15, -0.1) is 0 Å². The van der Waals surface area contributed by atoms with Crippen LogP contribution in [-0.2, 0) is 23.1 Å². The van der Waals surface area contributed by atoms with Gasteiger partial charge in [0.2, 0.25) is 10.0 Å². The molecule has 0 aliphatic carbocycles. The number of fused-ring (bicyclic) bond motifs is 1. The molecule has 0 spiro atoms. The van der Waals surface area contributed by atoms with E-state index in [0.717, 1.165) is 15.9 Å². The fourth-order valence-electron chi connectivity index (χ4n) is 2.35. The van der Waals surface area contributed by atoms with E-state index in [4.69, 9.17) is 0 Å². The van der Waals surface area contributed by atoms with Gasteiger partial charge in [-0.1, -0.05) is 22.0 Å². The van der Waals surface area contributed by atoms with Gasteiger partial charge in [0.15, 0.2) is 0 Å². The molecular weight excluding hydrogens is 342 g/mol. The van der Waals surface area contributed by atoms with Crippen molar-refractivity contribution in [2.75, 3.05) is 6.54 Å². The fourth-order valence-corrected chi connectivity index (χ4v) is 4.50. The first kappa shape index (κ1) is 13.8. The molecule has 0 atom stereocenters. The Balaban J connectivity index is 1.99. The summed E-state index contributed by atoms with van der Waals surface area (Å²) in [5, 5.41) is 0. The molecule has 3 rings (SSSR count). The molecule has 0 unspecified atom stereocenters. The van der Waals surface area contributed by atoms with Crippen LogP contribution in [0.4, 0.5) is 0 Å². The third kappa shape index (κ3) is 2.30. The van der Waals surface area contributed by atoms with Crippen LogP contribution < -0.4 is 0 Å². The van der Waals surface area contributed by atoms with Gasteiger partial charge in [-0.2, -0.15) is 4.31 Å². The van der Waals surface area contributed by atoms with Crippen LogP contribution in [0.1, 0.15) is 11.4 Å². The predicted octanol–water partition coefficient (Wildman–Crippen LogP) is 2.16. The van der Waals surface area contributed by atoms with Gasteiger partial charge >= 0.3 is 0 Å². The third-order valence-corrected chi connectivity index (χ3v) is 5.96. The number of rotatable bonds is 2. The van der Waals surface area contributed by atoms with Crippen LogP contribution in [0, 0.1) is 6.92 Å². The van der Waals surface area contributed by atoms with E-state index in [1.54, 1.807) is 12.3 Å². The van der Waals surface area contributed by atoms with Gasteiger partial charge in [-0.05, 0) is 24.6 Å². The molecule has 20 heavy (non-hydrogen) atoms. The molecule has 0 radical (unpaired) electrons. The van der Waals surface area contributed by atoms with Crippen molar-refractivity contribution in [3.63, 3.8) is 0 Å². The number of benzene rings is 1. The van der Waals surface area contributed by atoms with Crippen molar-refractivity contribution in [3.05, 3.63) is 46.5 Å². The fraction of sp³-hybridized carbons (Fsp3) is 0.308. The maximum atomic E-state index is 12.8. The predicted molar refractivity (Wildman–Crippen MR) is 78.7 cm³/mol. The molecule has 7 heteroatoms. The van der Waals surface area contributed by atoms with E-state index in [2.05, 4.69) is 20.9 Å². The molecule has 106 valence electrons. The summed E-state index contributed by atoms with van der Waals surface area (Å²) >= 11 is 3.33. The monoisotopic (exact) mass is 355 g/mol. The average Bonchev–Trinajstić information content (AvgIpc) is 2.88. The SMILES string of the molecule is Cc1ccc(Br)cc1S(=O)(=O)N1CCn2ccnc2C1. The van der Waals surface area contributed by atoms with Gasteiger partial charge < -0.3 is 4.57 Å². The zero-order valence-corrected chi connectivity index (χ0v) is 13.4. The van der Waals surface area contributed by atoms with Crippen molar-refractivity contribution in [2.24, 2.45) is 0 Å². The molecule has 0 fully saturated rings. The minimum atomic E-state index is -3.49. The maximum Gasteiger partial charge on any atom is 0.243 e. The lowest BCUT2D eigenvalue weighted by Crippen LogP contribution is -2.38. The quantitative estimate of drug-likeness (QED) is 0.829. The minimum Gasteiger partial charge on any atom is -0.333 e. The lowest BCUT2D eigenvalue weighted by atomic mass is 10.2. The second kappa shape index (κ2) is 4.98. The molecule has 0 N–H and O–H groups in total. The van der Waals surface area contributed by atoms with Crippen LogP contribution in [0.5, 0.6) is 0 Å². The van der Waals surface area contributed by atoms with E-state index in [1.807, 2.05) is 29.8 Å². The van der Waals surface area contributed by atoms with Gasteiger partial charge in [0, 0.05) is 30.0 Å². The second-order valence-electron chi connectivity index (χ2n) is 4.79. The highest BCUT2D eigenvalue weighted by atomic mass is 79.9. The standard InChI is InChI=1S/C13H14BrN3O2S/c1-10-2-3-11(14)8-12(10)20(18,19)17-7-6-16-5-4-15-13(16)9-17/h2-5,8H,6-7,9H2,1H3. The van der Waals surface area contributed by atoms with E-state index in [0.29, 0.717) is 24.5 Å². The Bertz CT molecular complexity index is 755. The molecule has 0 saturated carbocycles. The van der Waals surface area contributed by atoms with Crippen molar-refractivity contribution >= 4 is 26.0 Å². The van der Waals surface area contributed by atoms with Gasteiger partial charge in [-0.3, -0.25) is 0 Å². The number of sulfonamides is 1. The van der Waals surface area contributed by atoms with Crippen LogP contribution in [-0.4, -0.2) is 28.8 Å². The number of hydrogen-bond acceptors (Lipinski definition) is 3. The Labute approximate surface area is 126 Å². The van der Waals surface area contributed by atoms with E-state index in [1.165, 1.54) is 4.31 Å². The van der Waals surface area contributed by atoms with Crippen LogP contribution >= 0.6 is 15.9 Å². The molecule has 0 saturated heterocycles. The highest BCUT2D eigenvalue weighted by molar-refractivity contribution is 9.10. The van der Waals surface area contributed by atoms with Crippen LogP contribution in [0.3, 0.4) is 0 Å². The summed E-state index contributed by atoms with van der Waals surface area (Å²) < 4.78 is 29.8. The topological polar surface area (TPSA) is 55.2 Å². The summed E-state index contributed by atoms with van der Waals surface area (Å²) in [4.78, 5) is 4.56. The smallest absolute Gasteiger partial charge is 0.243 e. The highest BCUT2D eigenvalue weighted by Crippen LogP contribution is 2.26. The molecule has 1 aliphatic heterocycles. The largest absolute Gasteiger partial charge is 0.333 e.